The standard InChI is InChI=1S/C16H17F3N4O2S/c1-3-8-23-11(2)21-22-15(23)26-10-14(24)20-9-12-6-4-5-7-13(12)25-16(17,18)19/h3-7H,1,8-10H2,2H3,(H,20,24). The third kappa shape index (κ3) is 5.80. The fourth-order valence-corrected chi connectivity index (χ4v) is 2.88. The maximum Gasteiger partial charge on any atom is 0.573 e. The Morgan fingerprint density at radius 2 is 2.12 bits per heavy atom. The van der Waals surface area contributed by atoms with Crippen molar-refractivity contribution in [2.24, 2.45) is 0 Å². The lowest BCUT2D eigenvalue weighted by molar-refractivity contribution is -0.274. The summed E-state index contributed by atoms with van der Waals surface area (Å²) in [6.07, 6.45) is -3.10. The second kappa shape index (κ2) is 8.75. The van der Waals surface area contributed by atoms with Gasteiger partial charge in [-0.05, 0) is 13.0 Å². The molecular weight excluding hydrogens is 369 g/mol. The average molecular weight is 386 g/mol. The summed E-state index contributed by atoms with van der Waals surface area (Å²) in [6.45, 7) is 5.88. The van der Waals surface area contributed by atoms with Crippen molar-refractivity contribution in [3.05, 3.63) is 48.3 Å². The molecule has 1 amide bonds. The molecule has 6 nitrogen and oxygen atoms in total. The number of para-hydroxylation sites is 1. The second-order valence-corrected chi connectivity index (χ2v) is 6.09. The molecule has 26 heavy (non-hydrogen) atoms. The molecule has 2 aromatic rings. The number of thioether (sulfide) groups is 1. The molecule has 1 aromatic carbocycles. The molecule has 0 spiro atoms. The zero-order valence-corrected chi connectivity index (χ0v) is 14.7. The molecule has 10 heteroatoms. The number of amides is 1. The van der Waals surface area contributed by atoms with E-state index in [2.05, 4.69) is 26.8 Å². The van der Waals surface area contributed by atoms with Crippen LogP contribution in [0.25, 0.3) is 0 Å². The van der Waals surface area contributed by atoms with Crippen molar-refractivity contribution in [1.82, 2.24) is 20.1 Å². The Morgan fingerprint density at radius 3 is 2.81 bits per heavy atom. The van der Waals surface area contributed by atoms with Gasteiger partial charge in [0.1, 0.15) is 11.6 Å². The molecule has 0 aliphatic heterocycles. The van der Waals surface area contributed by atoms with E-state index < -0.39 is 6.36 Å². The molecule has 1 N–H and O–H groups in total. The summed E-state index contributed by atoms with van der Waals surface area (Å²) in [6, 6.07) is 5.65. The molecule has 0 radical (unpaired) electrons. The minimum atomic E-state index is -4.79. The first-order valence-corrected chi connectivity index (χ1v) is 8.52. The Bertz CT molecular complexity index is 777. The molecule has 0 saturated carbocycles. The van der Waals surface area contributed by atoms with Gasteiger partial charge in [0.25, 0.3) is 0 Å². The van der Waals surface area contributed by atoms with Crippen molar-refractivity contribution < 1.29 is 22.7 Å². The number of ether oxygens (including phenoxy) is 1. The van der Waals surface area contributed by atoms with E-state index in [0.717, 1.165) is 0 Å². The summed E-state index contributed by atoms with van der Waals surface area (Å²) in [4.78, 5) is 12.0. The van der Waals surface area contributed by atoms with Gasteiger partial charge in [0, 0.05) is 18.7 Å². The Morgan fingerprint density at radius 1 is 1.38 bits per heavy atom. The third-order valence-corrected chi connectivity index (χ3v) is 4.19. The number of nitrogens with one attached hydrogen (secondary N) is 1. The number of aryl methyl sites for hydroxylation is 1. The number of hydrogen-bond donors (Lipinski definition) is 1. The van der Waals surface area contributed by atoms with Crippen LogP contribution in [0, 0.1) is 6.92 Å². The first-order valence-electron chi connectivity index (χ1n) is 7.54. The molecule has 0 saturated heterocycles. The fourth-order valence-electron chi connectivity index (χ4n) is 2.06. The Labute approximate surface area is 152 Å². The summed E-state index contributed by atoms with van der Waals surface area (Å²) < 4.78 is 42.9. The second-order valence-electron chi connectivity index (χ2n) is 5.15. The first-order chi connectivity index (χ1) is 12.3. The lowest BCUT2D eigenvalue weighted by atomic mass is 10.2. The van der Waals surface area contributed by atoms with Gasteiger partial charge in [0.2, 0.25) is 5.91 Å². The number of halogens is 3. The molecule has 0 atom stereocenters. The smallest absolute Gasteiger partial charge is 0.405 e. The summed E-state index contributed by atoms with van der Waals surface area (Å²) in [7, 11) is 0. The summed E-state index contributed by atoms with van der Waals surface area (Å²) >= 11 is 1.18. The molecule has 1 aromatic heterocycles. The zero-order chi connectivity index (χ0) is 19.2. The highest BCUT2D eigenvalue weighted by molar-refractivity contribution is 7.99. The SMILES string of the molecule is C=CCn1c(C)nnc1SCC(=O)NCc1ccccc1OC(F)(F)F. The van der Waals surface area contributed by atoms with Gasteiger partial charge in [-0.3, -0.25) is 4.79 Å². The Kier molecular flexibility index (Phi) is 6.67. The normalized spacial score (nSPS) is 11.2. The van der Waals surface area contributed by atoms with E-state index in [1.165, 1.54) is 30.0 Å². The first kappa shape index (κ1) is 19.8. The monoisotopic (exact) mass is 386 g/mol. The molecule has 0 bridgehead atoms. The van der Waals surface area contributed by atoms with E-state index in [1.54, 1.807) is 23.6 Å². The van der Waals surface area contributed by atoms with Crippen LogP contribution in [-0.2, 0) is 17.9 Å². The van der Waals surface area contributed by atoms with Crippen molar-refractivity contribution >= 4 is 17.7 Å². The summed E-state index contributed by atoms with van der Waals surface area (Å²) in [5.74, 6) is 0.0698. The number of aromatic nitrogens is 3. The number of nitrogens with zero attached hydrogens (tertiary/aromatic N) is 3. The van der Waals surface area contributed by atoms with Crippen LogP contribution < -0.4 is 10.1 Å². The van der Waals surface area contributed by atoms with Crippen LogP contribution in [-0.4, -0.2) is 32.8 Å². The van der Waals surface area contributed by atoms with Crippen molar-refractivity contribution in [3.8, 4) is 5.75 Å². The van der Waals surface area contributed by atoms with Gasteiger partial charge in [-0.25, -0.2) is 0 Å². The van der Waals surface area contributed by atoms with Gasteiger partial charge in [0.15, 0.2) is 5.16 Å². The summed E-state index contributed by atoms with van der Waals surface area (Å²) in [5.41, 5.74) is 0.230. The van der Waals surface area contributed by atoms with Gasteiger partial charge in [-0.1, -0.05) is 36.0 Å². The highest BCUT2D eigenvalue weighted by Gasteiger charge is 2.31. The van der Waals surface area contributed by atoms with Crippen molar-refractivity contribution in [2.75, 3.05) is 5.75 Å². The van der Waals surface area contributed by atoms with Crippen LogP contribution in [0.3, 0.4) is 0 Å². The van der Waals surface area contributed by atoms with Crippen LogP contribution in [0.4, 0.5) is 13.2 Å². The zero-order valence-electron chi connectivity index (χ0n) is 13.9. The molecule has 0 fully saturated rings. The van der Waals surface area contributed by atoms with Gasteiger partial charge < -0.3 is 14.6 Å². The van der Waals surface area contributed by atoms with Crippen molar-refractivity contribution in [3.63, 3.8) is 0 Å². The highest BCUT2D eigenvalue weighted by atomic mass is 32.2. The van der Waals surface area contributed by atoms with Crippen LogP contribution in [0.1, 0.15) is 11.4 Å². The van der Waals surface area contributed by atoms with E-state index in [-0.39, 0.29) is 29.5 Å². The number of rotatable bonds is 8. The van der Waals surface area contributed by atoms with Gasteiger partial charge in [-0.15, -0.1) is 29.9 Å². The number of carbonyl (C=O) groups excluding carboxylic acids is 1. The Balaban J connectivity index is 1.91. The minimum Gasteiger partial charge on any atom is -0.405 e. The van der Waals surface area contributed by atoms with E-state index in [1.807, 2.05) is 0 Å². The lowest BCUT2D eigenvalue weighted by Crippen LogP contribution is -2.26. The number of hydrogen-bond acceptors (Lipinski definition) is 5. The van der Waals surface area contributed by atoms with Gasteiger partial charge in [-0.2, -0.15) is 0 Å². The molecule has 140 valence electrons. The number of benzene rings is 1. The maximum atomic E-state index is 12.4. The summed E-state index contributed by atoms with van der Waals surface area (Å²) in [5, 5.41) is 11.1. The number of alkyl halides is 3. The molecular formula is C16H17F3N4O2S. The van der Waals surface area contributed by atoms with E-state index in [9.17, 15) is 18.0 Å². The molecule has 0 aliphatic rings. The fraction of sp³-hybridized carbons (Fsp3) is 0.312. The number of allylic oxidation sites excluding steroid dienone is 1. The quantitative estimate of drug-likeness (QED) is 0.558. The van der Waals surface area contributed by atoms with Crippen LogP contribution in [0.2, 0.25) is 0 Å². The molecule has 1 heterocycles. The minimum absolute atomic E-state index is 0.0531. The van der Waals surface area contributed by atoms with Crippen molar-refractivity contribution in [1.29, 1.82) is 0 Å². The molecule has 2 rings (SSSR count). The van der Waals surface area contributed by atoms with Gasteiger partial charge in [0.05, 0.1) is 5.75 Å². The van der Waals surface area contributed by atoms with Crippen LogP contribution in [0.5, 0.6) is 5.75 Å². The van der Waals surface area contributed by atoms with Crippen LogP contribution >= 0.6 is 11.8 Å². The van der Waals surface area contributed by atoms with Crippen molar-refractivity contribution in [2.45, 2.75) is 31.5 Å². The van der Waals surface area contributed by atoms with E-state index in [4.69, 9.17) is 0 Å². The molecule has 0 aliphatic carbocycles. The highest BCUT2D eigenvalue weighted by Crippen LogP contribution is 2.26. The van der Waals surface area contributed by atoms with E-state index in [0.29, 0.717) is 17.5 Å². The topological polar surface area (TPSA) is 69.0 Å². The molecule has 0 unspecified atom stereocenters. The lowest BCUT2D eigenvalue weighted by Gasteiger charge is -2.13. The average Bonchev–Trinajstić information content (AvgIpc) is 2.91. The van der Waals surface area contributed by atoms with Crippen LogP contribution in [0.15, 0.2) is 42.1 Å². The predicted octanol–water partition coefficient (Wildman–Crippen LogP) is 3.08. The van der Waals surface area contributed by atoms with E-state index >= 15 is 0 Å². The third-order valence-electron chi connectivity index (χ3n) is 3.22. The van der Waals surface area contributed by atoms with Gasteiger partial charge >= 0.3 is 6.36 Å². The predicted molar refractivity (Wildman–Crippen MR) is 90.7 cm³/mol. The Hall–Kier alpha value is -2.49. The largest absolute Gasteiger partial charge is 0.573 e. The maximum absolute atomic E-state index is 12.4. The number of carbonyl (C=O) groups is 1.